The summed E-state index contributed by atoms with van der Waals surface area (Å²) in [5, 5.41) is 4.53. The fourth-order valence-electron chi connectivity index (χ4n) is 12.4. The Morgan fingerprint density at radius 2 is 0.471 bits per heavy atom. The normalized spacial score (nSPS) is 13.1. The van der Waals surface area contributed by atoms with Crippen LogP contribution in [0.5, 0.6) is 0 Å². The van der Waals surface area contributed by atoms with Crippen molar-refractivity contribution in [2.45, 2.75) is 113 Å². The van der Waals surface area contributed by atoms with Crippen molar-refractivity contribution in [1.29, 1.82) is 0 Å². The Morgan fingerprint density at radius 1 is 0.282 bits per heavy atom. The second-order valence-electron chi connectivity index (χ2n) is 21.7. The number of rotatable bonds is 27. The van der Waals surface area contributed by atoms with Crippen molar-refractivity contribution in [2.24, 2.45) is 0 Å². The van der Waals surface area contributed by atoms with Crippen LogP contribution in [0.1, 0.15) is 146 Å². The lowest BCUT2D eigenvalue weighted by Gasteiger charge is -2.50. The molecule has 0 aromatic heterocycles. The molecule has 0 bridgehead atoms. The molecule has 0 amide bonds. The summed E-state index contributed by atoms with van der Waals surface area (Å²) in [6.07, 6.45) is 6.67. The average Bonchev–Trinajstić information content (AvgIpc) is 1.59. The lowest BCUT2D eigenvalue weighted by molar-refractivity contribution is -0.0891. The highest BCUT2D eigenvalue weighted by molar-refractivity contribution is 6.38. The van der Waals surface area contributed by atoms with Gasteiger partial charge >= 0.3 is 7.32 Å². The van der Waals surface area contributed by atoms with Crippen molar-refractivity contribution in [3.05, 3.63) is 314 Å². The van der Waals surface area contributed by atoms with Crippen LogP contribution >= 0.6 is 104 Å². The van der Waals surface area contributed by atoms with Gasteiger partial charge in [-0.3, -0.25) is 0 Å². The van der Waals surface area contributed by atoms with Crippen LogP contribution in [-0.2, 0) is 30.8 Å². The SMILES string of the molecule is CCCCC(c1cccc(Cl)c1)C(OB(OC(c1cccc(Cl)c1)(c1cccc(Cl)c1)C(CCCC)c1cccc(Cl)c1)OC(c1cccc(Cl)c1)(c1cccc(Cl)c1)C(CCCC)c1cccc(Cl)c1)(c1cccc(Cl)c1)c1cccc(Cl)c1. The van der Waals surface area contributed by atoms with E-state index in [2.05, 4.69) is 39.0 Å². The van der Waals surface area contributed by atoms with Gasteiger partial charge in [-0.25, -0.2) is 0 Å². The zero-order chi connectivity index (χ0) is 60.1. The van der Waals surface area contributed by atoms with E-state index in [0.29, 0.717) is 97.8 Å². The molecule has 85 heavy (non-hydrogen) atoms. The molecule has 0 spiro atoms. The molecule has 0 radical (unpaired) electrons. The van der Waals surface area contributed by atoms with E-state index >= 15 is 0 Å². The Hall–Kier alpha value is -4.47. The molecule has 0 saturated heterocycles. The van der Waals surface area contributed by atoms with Crippen LogP contribution in [0.2, 0.25) is 45.2 Å². The summed E-state index contributed by atoms with van der Waals surface area (Å²) in [5.74, 6) is -1.61. The van der Waals surface area contributed by atoms with E-state index in [-0.39, 0.29) is 0 Å². The fraction of sp³-hybridized carbons (Fsp3) is 0.250. The van der Waals surface area contributed by atoms with Crippen LogP contribution in [0.15, 0.2) is 218 Å². The predicted octanol–water partition coefficient (Wildman–Crippen LogP) is 24.7. The second-order valence-corrected chi connectivity index (χ2v) is 25.6. The van der Waals surface area contributed by atoms with Gasteiger partial charge in [-0.05, 0) is 179 Å². The molecule has 0 saturated carbocycles. The number of benzene rings is 9. The van der Waals surface area contributed by atoms with Gasteiger partial charge in [0.25, 0.3) is 0 Å². The van der Waals surface area contributed by atoms with Crippen LogP contribution in [0.25, 0.3) is 0 Å². The Bertz CT molecular complexity index is 3160. The van der Waals surface area contributed by atoms with E-state index in [9.17, 15) is 0 Å². The zero-order valence-corrected chi connectivity index (χ0v) is 54.4. The Labute approximate surface area is 547 Å². The number of hydrogen-bond acceptors (Lipinski definition) is 3. The number of unbranched alkanes of at least 4 members (excludes halogenated alkanes) is 3. The van der Waals surface area contributed by atoms with Crippen LogP contribution in [0, 0.1) is 0 Å². The van der Waals surface area contributed by atoms with Gasteiger partial charge in [-0.2, -0.15) is 0 Å². The van der Waals surface area contributed by atoms with E-state index in [1.54, 1.807) is 0 Å². The highest BCUT2D eigenvalue weighted by Crippen LogP contribution is 2.57. The molecule has 0 aliphatic carbocycles. The van der Waals surface area contributed by atoms with Gasteiger partial charge in [0.1, 0.15) is 16.8 Å². The fourth-order valence-corrected chi connectivity index (χ4v) is 14.2. The molecule has 13 heteroatoms. The third-order valence-corrected chi connectivity index (χ3v) is 18.2. The molecule has 9 rings (SSSR count). The summed E-state index contributed by atoms with van der Waals surface area (Å²) >= 11 is 65.0. The van der Waals surface area contributed by atoms with E-state index in [4.69, 9.17) is 118 Å². The predicted molar refractivity (Wildman–Crippen MR) is 361 cm³/mol. The Morgan fingerprint density at radius 3 is 0.647 bits per heavy atom. The lowest BCUT2D eigenvalue weighted by Crippen LogP contribution is -2.54. The minimum absolute atomic E-state index is 0.479. The summed E-state index contributed by atoms with van der Waals surface area (Å²) in [5.41, 5.74) is 2.09. The van der Waals surface area contributed by atoms with Gasteiger partial charge in [0.05, 0.1) is 0 Å². The van der Waals surface area contributed by atoms with E-state index in [1.807, 2.05) is 200 Å². The molecule has 0 fully saturated rings. The minimum atomic E-state index is -1.75. The molecule has 0 heterocycles. The van der Waals surface area contributed by atoms with Crippen LogP contribution in [0.4, 0.5) is 0 Å². The van der Waals surface area contributed by atoms with Crippen molar-refractivity contribution >= 4 is 112 Å². The third-order valence-electron chi connectivity index (χ3n) is 16.1. The van der Waals surface area contributed by atoms with Gasteiger partial charge in [0, 0.05) is 63.0 Å². The maximum atomic E-state index is 8.63. The molecule has 438 valence electrons. The molecule has 3 nitrogen and oxygen atoms in total. The first kappa shape index (κ1) is 65.0. The maximum Gasteiger partial charge on any atom is 0.642 e. The van der Waals surface area contributed by atoms with E-state index in [0.717, 1.165) is 55.2 Å². The van der Waals surface area contributed by atoms with Gasteiger partial charge in [-0.15, -0.1) is 0 Å². The largest absolute Gasteiger partial charge is 0.642 e. The lowest BCUT2D eigenvalue weighted by atomic mass is 9.68. The van der Waals surface area contributed by atoms with E-state index < -0.39 is 41.9 Å². The van der Waals surface area contributed by atoms with Crippen LogP contribution < -0.4 is 0 Å². The van der Waals surface area contributed by atoms with Crippen LogP contribution in [0.3, 0.4) is 0 Å². The summed E-state index contributed by atoms with van der Waals surface area (Å²) in [4.78, 5) is 0. The Kier molecular flexibility index (Phi) is 23.1. The zero-order valence-electron chi connectivity index (χ0n) is 47.6. The summed E-state index contributed by atoms with van der Waals surface area (Å²) in [6, 6.07) is 70.7. The third kappa shape index (κ3) is 15.0. The number of hydrogen-bond donors (Lipinski definition) is 0. The van der Waals surface area contributed by atoms with Crippen molar-refractivity contribution < 1.29 is 14.0 Å². The minimum Gasteiger partial charge on any atom is -0.371 e. The molecule has 0 aliphatic heterocycles. The molecule has 0 N–H and O–H groups in total. The molecule has 9 aromatic carbocycles. The molecule has 3 unspecified atom stereocenters. The molecular weight excluding hydrogens is 1240 g/mol. The maximum absolute atomic E-state index is 8.63. The molecule has 9 aromatic rings. The summed E-state index contributed by atoms with van der Waals surface area (Å²) < 4.78 is 25.9. The van der Waals surface area contributed by atoms with Crippen molar-refractivity contribution in [3.63, 3.8) is 0 Å². The highest BCUT2D eigenvalue weighted by Gasteiger charge is 2.57. The van der Waals surface area contributed by atoms with Gasteiger partial charge in [0.2, 0.25) is 0 Å². The quantitative estimate of drug-likeness (QED) is 0.0480. The highest BCUT2D eigenvalue weighted by atomic mass is 35.5. The standard InChI is InChI=1S/C72H66BCl9O3/c1-4-7-37-67(49-19-10-28-58(74)40-49)70(52-22-13-31-61(77)43-52,53-23-14-32-62(78)44-53)83-73(84-71(54-24-15-33-63(79)45-54,55-25-16-34-64(80)46-55)68(38-8-5-2)50-20-11-29-59(75)41-50)85-72(56-26-17-35-65(81)47-56,57-27-18-36-66(82)48-57)69(39-9-6-3)51-21-12-30-60(76)42-51/h10-36,40-48,67-69H,4-9,37-39H2,1-3H3. The molecular formula is C72H66BCl9O3. The first-order chi connectivity index (χ1) is 41.1. The molecule has 0 aliphatic rings. The van der Waals surface area contributed by atoms with Gasteiger partial charge in [0.15, 0.2) is 0 Å². The average molecular weight is 1310 g/mol. The topological polar surface area (TPSA) is 27.7 Å². The van der Waals surface area contributed by atoms with E-state index in [1.165, 1.54) is 0 Å². The molecule has 3 atom stereocenters. The summed E-state index contributed by atoms with van der Waals surface area (Å²) in [7, 11) is -1.75. The number of halogens is 9. The smallest absolute Gasteiger partial charge is 0.371 e. The van der Waals surface area contributed by atoms with Crippen LogP contribution in [-0.4, -0.2) is 7.32 Å². The summed E-state index contributed by atoms with van der Waals surface area (Å²) in [6.45, 7) is 6.54. The van der Waals surface area contributed by atoms with Crippen molar-refractivity contribution in [3.8, 4) is 0 Å². The second kappa shape index (κ2) is 30.2. The Balaban J connectivity index is 1.52. The van der Waals surface area contributed by atoms with Crippen molar-refractivity contribution in [1.82, 2.24) is 0 Å². The first-order valence-electron chi connectivity index (χ1n) is 29.0. The first-order valence-corrected chi connectivity index (χ1v) is 32.4. The van der Waals surface area contributed by atoms with Crippen molar-refractivity contribution in [2.75, 3.05) is 0 Å². The van der Waals surface area contributed by atoms with Gasteiger partial charge < -0.3 is 14.0 Å². The van der Waals surface area contributed by atoms with Gasteiger partial charge in [-0.1, -0.05) is 273 Å². The monoisotopic (exact) mass is 1300 g/mol.